The smallest absolute Gasteiger partial charge is 0.225 e. The number of aromatic nitrogens is 6. The summed E-state index contributed by atoms with van der Waals surface area (Å²) in [5.74, 6) is 0.787. The maximum absolute atomic E-state index is 5.61. The molecule has 0 spiro atoms. The highest BCUT2D eigenvalue weighted by atomic mass is 32.1. The lowest BCUT2D eigenvalue weighted by Gasteiger charge is -2.34. The van der Waals surface area contributed by atoms with Gasteiger partial charge in [-0.2, -0.15) is 4.68 Å². The molecular weight excluding hydrogens is 360 g/mol. The Balaban J connectivity index is 1.44. The van der Waals surface area contributed by atoms with E-state index in [-0.39, 0.29) is 0 Å². The van der Waals surface area contributed by atoms with E-state index in [1.165, 1.54) is 5.56 Å². The van der Waals surface area contributed by atoms with Crippen LogP contribution in [0.1, 0.15) is 11.1 Å². The summed E-state index contributed by atoms with van der Waals surface area (Å²) in [6.45, 7) is 8.33. The molecule has 9 heteroatoms. The molecule has 8 nitrogen and oxygen atoms in total. The van der Waals surface area contributed by atoms with Gasteiger partial charge in [0.15, 0.2) is 0 Å². The summed E-state index contributed by atoms with van der Waals surface area (Å²) < 4.78 is 4.12. The number of tetrazole rings is 1. The summed E-state index contributed by atoms with van der Waals surface area (Å²) >= 11 is 5.61. The number of aryl methyl sites for hydroxylation is 2. The van der Waals surface area contributed by atoms with Crippen molar-refractivity contribution in [3.63, 3.8) is 0 Å². The average molecular weight is 382 g/mol. The van der Waals surface area contributed by atoms with Crippen molar-refractivity contribution in [1.29, 1.82) is 0 Å². The first-order valence-corrected chi connectivity index (χ1v) is 9.37. The molecule has 1 saturated heterocycles. The summed E-state index contributed by atoms with van der Waals surface area (Å²) in [6, 6.07) is 8.06. The number of hydrogen-bond donors (Lipinski definition) is 0. The highest BCUT2D eigenvalue weighted by Crippen LogP contribution is 2.15. The molecule has 1 aliphatic heterocycles. The molecule has 0 aliphatic carbocycles. The van der Waals surface area contributed by atoms with Gasteiger partial charge in [0, 0.05) is 38.6 Å². The normalized spacial score (nSPS) is 15.3. The predicted octanol–water partition coefficient (Wildman–Crippen LogP) is 1.98. The van der Waals surface area contributed by atoms with E-state index in [2.05, 4.69) is 56.2 Å². The quantitative estimate of drug-likeness (QED) is 0.639. The molecule has 0 atom stereocenters. The molecule has 0 bridgehead atoms. The van der Waals surface area contributed by atoms with Crippen molar-refractivity contribution < 1.29 is 0 Å². The van der Waals surface area contributed by atoms with Gasteiger partial charge in [0.1, 0.15) is 0 Å². The van der Waals surface area contributed by atoms with Crippen molar-refractivity contribution in [2.24, 2.45) is 0 Å². The van der Waals surface area contributed by atoms with Gasteiger partial charge in [-0.05, 0) is 54.2 Å². The third-order valence-electron chi connectivity index (χ3n) is 4.76. The fourth-order valence-corrected chi connectivity index (χ4v) is 3.52. The van der Waals surface area contributed by atoms with E-state index in [4.69, 9.17) is 12.2 Å². The second kappa shape index (κ2) is 7.53. The maximum atomic E-state index is 5.61. The maximum Gasteiger partial charge on any atom is 0.225 e. The Morgan fingerprint density at radius 1 is 1.00 bits per heavy atom. The fraction of sp³-hybridized carbons (Fsp3) is 0.389. The summed E-state index contributed by atoms with van der Waals surface area (Å²) in [5.41, 5.74) is 3.33. The van der Waals surface area contributed by atoms with Gasteiger partial charge < -0.3 is 4.90 Å². The van der Waals surface area contributed by atoms with Crippen molar-refractivity contribution in [2.45, 2.75) is 20.5 Å². The summed E-state index contributed by atoms with van der Waals surface area (Å²) in [7, 11) is 0. The van der Waals surface area contributed by atoms with Crippen LogP contribution in [0.25, 0.3) is 5.69 Å². The van der Waals surface area contributed by atoms with E-state index in [0.29, 0.717) is 11.4 Å². The van der Waals surface area contributed by atoms with Crippen LogP contribution in [0.2, 0.25) is 0 Å². The number of anilines is 1. The molecule has 1 fully saturated rings. The minimum absolute atomic E-state index is 0.607. The fourth-order valence-electron chi connectivity index (χ4n) is 3.29. The summed E-state index contributed by atoms with van der Waals surface area (Å²) in [4.78, 5) is 13.2. The highest BCUT2D eigenvalue weighted by Gasteiger charge is 2.20. The largest absolute Gasteiger partial charge is 0.338 e. The zero-order valence-electron chi connectivity index (χ0n) is 15.5. The first kappa shape index (κ1) is 17.7. The zero-order valence-corrected chi connectivity index (χ0v) is 16.3. The number of benzene rings is 1. The van der Waals surface area contributed by atoms with E-state index in [1.807, 2.05) is 12.1 Å². The van der Waals surface area contributed by atoms with Gasteiger partial charge in [-0.25, -0.2) is 14.6 Å². The van der Waals surface area contributed by atoms with Crippen LogP contribution in [-0.2, 0) is 6.67 Å². The molecular formula is C18H22N8S. The molecule has 27 heavy (non-hydrogen) atoms. The SMILES string of the molecule is Cc1ccc(-n2nnn(CN3CCN(c4ncccn4)CC3)c2=S)c(C)c1. The molecule has 4 rings (SSSR count). The van der Waals surface area contributed by atoms with Crippen LogP contribution in [0.4, 0.5) is 5.95 Å². The molecule has 3 aromatic rings. The van der Waals surface area contributed by atoms with Gasteiger partial charge in [0.2, 0.25) is 10.7 Å². The predicted molar refractivity (Wildman–Crippen MR) is 105 cm³/mol. The van der Waals surface area contributed by atoms with Crippen molar-refractivity contribution >= 4 is 18.2 Å². The Morgan fingerprint density at radius 2 is 1.74 bits per heavy atom. The lowest BCUT2D eigenvalue weighted by molar-refractivity contribution is 0.192. The van der Waals surface area contributed by atoms with Gasteiger partial charge in [0.25, 0.3) is 0 Å². The van der Waals surface area contributed by atoms with Crippen molar-refractivity contribution in [1.82, 2.24) is 34.7 Å². The lowest BCUT2D eigenvalue weighted by Crippen LogP contribution is -2.47. The van der Waals surface area contributed by atoms with Gasteiger partial charge >= 0.3 is 0 Å². The Hall–Kier alpha value is -2.65. The lowest BCUT2D eigenvalue weighted by atomic mass is 10.1. The van der Waals surface area contributed by atoms with Crippen LogP contribution in [0, 0.1) is 18.6 Å². The first-order chi connectivity index (χ1) is 13.1. The molecule has 3 heterocycles. The topological polar surface area (TPSA) is 67.9 Å². The molecule has 0 saturated carbocycles. The highest BCUT2D eigenvalue weighted by molar-refractivity contribution is 7.71. The van der Waals surface area contributed by atoms with Crippen LogP contribution in [-0.4, -0.2) is 60.8 Å². The van der Waals surface area contributed by atoms with Crippen LogP contribution in [0.3, 0.4) is 0 Å². The third-order valence-corrected chi connectivity index (χ3v) is 5.14. The summed E-state index contributed by atoms with van der Waals surface area (Å²) in [5, 5.41) is 8.55. The zero-order chi connectivity index (χ0) is 18.8. The standard InChI is InChI=1S/C18H22N8S/c1-14-4-5-16(15(2)12-14)26-18(27)25(21-22-26)13-23-8-10-24(11-9-23)17-19-6-3-7-20-17/h3-7,12H,8-11,13H2,1-2H3. The number of piperazine rings is 1. The molecule has 0 N–H and O–H groups in total. The van der Waals surface area contributed by atoms with Crippen molar-refractivity contribution in [3.8, 4) is 5.69 Å². The molecule has 0 unspecified atom stereocenters. The van der Waals surface area contributed by atoms with Crippen molar-refractivity contribution in [3.05, 3.63) is 52.6 Å². The Bertz CT molecular complexity index is 973. The van der Waals surface area contributed by atoms with E-state index < -0.39 is 0 Å². The Kier molecular flexibility index (Phi) is 4.95. The molecule has 0 amide bonds. The van der Waals surface area contributed by atoms with Crippen LogP contribution < -0.4 is 4.90 Å². The van der Waals surface area contributed by atoms with Crippen molar-refractivity contribution in [2.75, 3.05) is 31.1 Å². The van der Waals surface area contributed by atoms with E-state index in [1.54, 1.807) is 21.8 Å². The van der Waals surface area contributed by atoms with E-state index in [9.17, 15) is 0 Å². The average Bonchev–Trinajstić information content (AvgIpc) is 3.03. The monoisotopic (exact) mass is 382 g/mol. The molecule has 140 valence electrons. The first-order valence-electron chi connectivity index (χ1n) is 8.96. The van der Waals surface area contributed by atoms with Crippen LogP contribution in [0.15, 0.2) is 36.7 Å². The minimum atomic E-state index is 0.607. The number of rotatable bonds is 4. The molecule has 1 aliphatic rings. The van der Waals surface area contributed by atoms with Crippen LogP contribution in [0.5, 0.6) is 0 Å². The third kappa shape index (κ3) is 3.74. The summed E-state index contributed by atoms with van der Waals surface area (Å²) in [6.07, 6.45) is 3.55. The number of hydrogen-bond acceptors (Lipinski definition) is 7. The molecule has 0 radical (unpaired) electrons. The van der Waals surface area contributed by atoms with Gasteiger partial charge in [-0.1, -0.05) is 17.7 Å². The van der Waals surface area contributed by atoms with E-state index in [0.717, 1.165) is 43.4 Å². The molecule has 2 aromatic heterocycles. The number of nitrogens with zero attached hydrogens (tertiary/aromatic N) is 8. The Morgan fingerprint density at radius 3 is 2.44 bits per heavy atom. The van der Waals surface area contributed by atoms with Gasteiger partial charge in [-0.3, -0.25) is 4.90 Å². The van der Waals surface area contributed by atoms with E-state index >= 15 is 0 Å². The molecule has 1 aromatic carbocycles. The van der Waals surface area contributed by atoms with Gasteiger partial charge in [-0.15, -0.1) is 0 Å². The minimum Gasteiger partial charge on any atom is -0.338 e. The second-order valence-electron chi connectivity index (χ2n) is 6.76. The second-order valence-corrected chi connectivity index (χ2v) is 7.12. The Labute approximate surface area is 163 Å². The van der Waals surface area contributed by atoms with Crippen LogP contribution >= 0.6 is 12.2 Å². The van der Waals surface area contributed by atoms with Gasteiger partial charge in [0.05, 0.1) is 12.4 Å².